The monoisotopic (exact) mass is 404 g/mol. The highest BCUT2D eigenvalue weighted by Gasteiger charge is 2.25. The van der Waals surface area contributed by atoms with Crippen molar-refractivity contribution in [3.05, 3.63) is 40.4 Å². The molecular weight excluding hydrogens is 376 g/mol. The molecule has 0 saturated carbocycles. The van der Waals surface area contributed by atoms with Crippen LogP contribution >= 0.6 is 11.6 Å². The summed E-state index contributed by atoms with van der Waals surface area (Å²) in [5.74, 6) is 2.63. The Bertz CT molecular complexity index is 786. The predicted octanol–water partition coefficient (Wildman–Crippen LogP) is 3.11. The van der Waals surface area contributed by atoms with Crippen LogP contribution in [-0.2, 0) is 6.42 Å². The maximum Gasteiger partial charge on any atom is 0.191 e. The highest BCUT2D eigenvalue weighted by Crippen LogP contribution is 2.25. The quantitative estimate of drug-likeness (QED) is 0.419. The lowest BCUT2D eigenvalue weighted by Crippen LogP contribution is -2.44. The Hall–Kier alpha value is -2.28. The molecule has 1 fully saturated rings. The van der Waals surface area contributed by atoms with E-state index >= 15 is 0 Å². The van der Waals surface area contributed by atoms with Gasteiger partial charge in [-0.05, 0) is 52.2 Å². The molecule has 0 amide bonds. The van der Waals surface area contributed by atoms with E-state index in [0.717, 1.165) is 68.7 Å². The molecule has 3 rings (SSSR count). The van der Waals surface area contributed by atoms with Gasteiger partial charge in [0.15, 0.2) is 5.96 Å². The molecule has 1 unspecified atom stereocenters. The van der Waals surface area contributed by atoms with Crippen LogP contribution in [0.5, 0.6) is 0 Å². The van der Waals surface area contributed by atoms with Crippen molar-refractivity contribution in [3.8, 4) is 0 Å². The third kappa shape index (κ3) is 5.16. The number of aryl methyl sites for hydroxylation is 2. The highest BCUT2D eigenvalue weighted by atomic mass is 35.5. The lowest BCUT2D eigenvalue weighted by atomic mass is 10.1. The van der Waals surface area contributed by atoms with Crippen molar-refractivity contribution in [2.24, 2.45) is 4.99 Å². The largest absolute Gasteiger partial charge is 0.361 e. The molecule has 1 aliphatic heterocycles. The van der Waals surface area contributed by atoms with E-state index < -0.39 is 0 Å². The van der Waals surface area contributed by atoms with E-state index in [1.54, 1.807) is 6.20 Å². The van der Waals surface area contributed by atoms with Crippen molar-refractivity contribution in [2.75, 3.05) is 31.1 Å². The van der Waals surface area contributed by atoms with Crippen LogP contribution in [0.25, 0.3) is 0 Å². The fraction of sp³-hybridized carbons (Fsp3) is 0.550. The maximum atomic E-state index is 6.28. The van der Waals surface area contributed by atoms with Crippen LogP contribution in [-0.4, -0.2) is 48.3 Å². The van der Waals surface area contributed by atoms with Gasteiger partial charge in [0, 0.05) is 44.0 Å². The minimum atomic E-state index is 0.318. The van der Waals surface area contributed by atoms with Crippen molar-refractivity contribution >= 4 is 23.4 Å². The van der Waals surface area contributed by atoms with Gasteiger partial charge in [-0.1, -0.05) is 16.8 Å². The second kappa shape index (κ2) is 9.78. The third-order valence-corrected chi connectivity index (χ3v) is 5.24. The van der Waals surface area contributed by atoms with Crippen LogP contribution in [0.15, 0.2) is 27.8 Å². The number of nitrogens with zero attached hydrogens (tertiary/aromatic N) is 4. The van der Waals surface area contributed by atoms with Crippen LogP contribution in [0.4, 0.5) is 5.82 Å². The number of anilines is 1. The van der Waals surface area contributed by atoms with Crippen LogP contribution in [0.2, 0.25) is 5.02 Å². The van der Waals surface area contributed by atoms with Gasteiger partial charge in [0.2, 0.25) is 0 Å². The van der Waals surface area contributed by atoms with Crippen molar-refractivity contribution in [2.45, 2.75) is 46.1 Å². The van der Waals surface area contributed by atoms with E-state index in [4.69, 9.17) is 21.1 Å². The summed E-state index contributed by atoms with van der Waals surface area (Å²) in [6.45, 7) is 9.40. The predicted molar refractivity (Wildman–Crippen MR) is 113 cm³/mol. The fourth-order valence-electron chi connectivity index (χ4n) is 3.50. The van der Waals surface area contributed by atoms with E-state index in [1.165, 1.54) is 5.56 Å². The molecule has 8 heteroatoms. The van der Waals surface area contributed by atoms with Gasteiger partial charge in [-0.25, -0.2) is 4.98 Å². The topological polar surface area (TPSA) is 78.6 Å². The van der Waals surface area contributed by atoms with Crippen molar-refractivity contribution in [1.29, 1.82) is 0 Å². The number of rotatable bonds is 7. The van der Waals surface area contributed by atoms with E-state index in [9.17, 15) is 0 Å². The lowest BCUT2D eigenvalue weighted by molar-refractivity contribution is 0.392. The molecule has 0 radical (unpaired) electrons. The maximum absolute atomic E-state index is 6.28. The average molecular weight is 405 g/mol. The number of halogens is 1. The number of pyridine rings is 1. The first kappa shape index (κ1) is 20.5. The lowest BCUT2D eigenvalue weighted by Gasteiger charge is -2.20. The molecule has 1 atom stereocenters. The smallest absolute Gasteiger partial charge is 0.191 e. The zero-order valence-electron chi connectivity index (χ0n) is 16.8. The molecule has 2 aromatic heterocycles. The van der Waals surface area contributed by atoms with E-state index in [1.807, 2.05) is 26.0 Å². The molecule has 0 aromatic carbocycles. The summed E-state index contributed by atoms with van der Waals surface area (Å²) >= 11 is 6.28. The van der Waals surface area contributed by atoms with Gasteiger partial charge in [-0.15, -0.1) is 0 Å². The van der Waals surface area contributed by atoms with Gasteiger partial charge < -0.3 is 20.1 Å². The Morgan fingerprint density at radius 3 is 3.00 bits per heavy atom. The molecular formula is C20H29ClN6O. The summed E-state index contributed by atoms with van der Waals surface area (Å²) in [6, 6.07) is 4.06. The standard InChI is InChI=1S/C20H29ClN6O/c1-4-22-20(24-11-5-7-17-14(2)26-28-15(17)3)25-16-9-12-27(13-16)19-18(21)8-6-10-23-19/h6,8,10,16H,4-5,7,9,11-13H2,1-3H3,(H2,22,24,25). The molecule has 3 heterocycles. The van der Waals surface area contributed by atoms with Gasteiger partial charge in [-0.2, -0.15) is 0 Å². The van der Waals surface area contributed by atoms with Crippen molar-refractivity contribution in [1.82, 2.24) is 20.8 Å². The summed E-state index contributed by atoms with van der Waals surface area (Å²) < 4.78 is 5.23. The summed E-state index contributed by atoms with van der Waals surface area (Å²) in [4.78, 5) is 11.4. The normalized spacial score (nSPS) is 17.2. The first-order valence-corrected chi connectivity index (χ1v) is 10.3. The Morgan fingerprint density at radius 1 is 1.43 bits per heavy atom. The van der Waals surface area contributed by atoms with E-state index in [-0.39, 0.29) is 0 Å². The van der Waals surface area contributed by atoms with Gasteiger partial charge in [0.1, 0.15) is 11.6 Å². The number of nitrogens with one attached hydrogen (secondary N) is 2. The van der Waals surface area contributed by atoms with Gasteiger partial charge in [-0.3, -0.25) is 4.99 Å². The van der Waals surface area contributed by atoms with Crippen LogP contribution in [0.3, 0.4) is 0 Å². The summed E-state index contributed by atoms with van der Waals surface area (Å²) in [5, 5.41) is 11.6. The molecule has 0 spiro atoms. The van der Waals surface area contributed by atoms with E-state index in [2.05, 4.69) is 32.6 Å². The second-order valence-electron chi connectivity index (χ2n) is 7.05. The molecule has 28 heavy (non-hydrogen) atoms. The van der Waals surface area contributed by atoms with Gasteiger partial charge >= 0.3 is 0 Å². The van der Waals surface area contributed by atoms with Crippen LogP contribution < -0.4 is 15.5 Å². The Labute approximate surface area is 171 Å². The van der Waals surface area contributed by atoms with Crippen molar-refractivity contribution < 1.29 is 4.52 Å². The zero-order valence-corrected chi connectivity index (χ0v) is 17.6. The number of aliphatic imine (C=N–C) groups is 1. The summed E-state index contributed by atoms with van der Waals surface area (Å²) in [7, 11) is 0. The van der Waals surface area contributed by atoms with E-state index in [0.29, 0.717) is 11.1 Å². The van der Waals surface area contributed by atoms with Gasteiger partial charge in [0.05, 0.1) is 10.7 Å². The molecule has 1 saturated heterocycles. The van der Waals surface area contributed by atoms with Crippen LogP contribution in [0.1, 0.15) is 36.8 Å². The minimum absolute atomic E-state index is 0.318. The van der Waals surface area contributed by atoms with Crippen LogP contribution in [0, 0.1) is 13.8 Å². The SMILES string of the molecule is CCNC(=NCCCc1c(C)noc1C)NC1CCN(c2ncccc2Cl)C1. The fourth-order valence-corrected chi connectivity index (χ4v) is 3.74. The molecule has 1 aliphatic rings. The van der Waals surface area contributed by atoms with Gasteiger partial charge in [0.25, 0.3) is 0 Å². The average Bonchev–Trinajstić information content (AvgIpc) is 3.26. The Morgan fingerprint density at radius 2 is 2.29 bits per heavy atom. The molecule has 0 aliphatic carbocycles. The highest BCUT2D eigenvalue weighted by molar-refractivity contribution is 6.32. The first-order valence-electron chi connectivity index (χ1n) is 9.90. The summed E-state index contributed by atoms with van der Waals surface area (Å²) in [6.07, 6.45) is 4.70. The Balaban J connectivity index is 1.51. The molecule has 2 N–H and O–H groups in total. The summed E-state index contributed by atoms with van der Waals surface area (Å²) in [5.41, 5.74) is 2.18. The van der Waals surface area contributed by atoms with Crippen molar-refractivity contribution in [3.63, 3.8) is 0 Å². The number of hydrogen-bond donors (Lipinski definition) is 2. The molecule has 0 bridgehead atoms. The number of hydrogen-bond acceptors (Lipinski definition) is 5. The molecule has 2 aromatic rings. The number of aromatic nitrogens is 2. The minimum Gasteiger partial charge on any atom is -0.361 e. The third-order valence-electron chi connectivity index (χ3n) is 4.95. The Kier molecular flexibility index (Phi) is 7.14. The number of guanidine groups is 1. The second-order valence-corrected chi connectivity index (χ2v) is 7.46. The molecule has 152 valence electrons. The first-order chi connectivity index (χ1) is 13.6. The molecule has 7 nitrogen and oxygen atoms in total. The zero-order chi connectivity index (χ0) is 19.9.